The van der Waals surface area contributed by atoms with Crippen LogP contribution >= 0.6 is 0 Å². The number of esters is 1. The minimum atomic E-state index is -0.584. The molecule has 0 N–H and O–H groups in total. The molecule has 0 aromatic heterocycles. The van der Waals surface area contributed by atoms with E-state index in [0.717, 1.165) is 12.8 Å². The van der Waals surface area contributed by atoms with E-state index in [1.54, 1.807) is 13.8 Å². The molecule has 3 heteroatoms. The molecule has 0 aliphatic heterocycles. The highest BCUT2D eigenvalue weighted by molar-refractivity contribution is 5.77. The van der Waals surface area contributed by atoms with Crippen LogP contribution < -0.4 is 0 Å². The Bertz CT molecular complexity index is 279. The summed E-state index contributed by atoms with van der Waals surface area (Å²) in [5.74, 6) is 0.247. The van der Waals surface area contributed by atoms with Crippen LogP contribution in [0.2, 0.25) is 0 Å². The molecule has 1 rings (SSSR count). The molecule has 0 radical (unpaired) electrons. The minimum absolute atomic E-state index is 0.0991. The molecular weight excluding hydrogens is 216 g/mol. The average molecular weight is 240 g/mol. The highest BCUT2D eigenvalue weighted by atomic mass is 16.6. The van der Waals surface area contributed by atoms with Crippen molar-refractivity contribution in [2.75, 3.05) is 0 Å². The molecule has 0 bridgehead atoms. The highest BCUT2D eigenvalue weighted by Gasteiger charge is 2.39. The SMILES string of the molecule is CCC(=O)OC(C)(CC(C)=O)C1CCCCC1. The van der Waals surface area contributed by atoms with Gasteiger partial charge >= 0.3 is 5.97 Å². The number of carbonyl (C=O) groups excluding carboxylic acids is 2. The Morgan fingerprint density at radius 1 is 1.24 bits per heavy atom. The molecule has 1 aliphatic carbocycles. The lowest BCUT2D eigenvalue weighted by Crippen LogP contribution is -2.42. The van der Waals surface area contributed by atoms with E-state index in [4.69, 9.17) is 4.74 Å². The van der Waals surface area contributed by atoms with Gasteiger partial charge in [-0.2, -0.15) is 0 Å². The largest absolute Gasteiger partial charge is 0.459 e. The fourth-order valence-electron chi connectivity index (χ4n) is 2.80. The second kappa shape index (κ2) is 6.18. The van der Waals surface area contributed by atoms with Gasteiger partial charge in [-0.05, 0) is 32.6 Å². The van der Waals surface area contributed by atoms with E-state index >= 15 is 0 Å². The molecule has 0 aromatic rings. The summed E-state index contributed by atoms with van der Waals surface area (Å²) in [5.41, 5.74) is -0.584. The first-order valence-electron chi connectivity index (χ1n) is 6.69. The van der Waals surface area contributed by atoms with E-state index in [9.17, 15) is 9.59 Å². The third-order valence-electron chi connectivity index (χ3n) is 3.70. The first-order valence-corrected chi connectivity index (χ1v) is 6.69. The lowest BCUT2D eigenvalue weighted by molar-refractivity contribution is -0.167. The molecule has 3 nitrogen and oxygen atoms in total. The summed E-state index contributed by atoms with van der Waals surface area (Å²) in [4.78, 5) is 22.9. The Balaban J connectivity index is 2.75. The fourth-order valence-corrected chi connectivity index (χ4v) is 2.80. The molecule has 1 atom stereocenters. The van der Waals surface area contributed by atoms with Gasteiger partial charge in [0.25, 0.3) is 0 Å². The van der Waals surface area contributed by atoms with Gasteiger partial charge in [-0.25, -0.2) is 0 Å². The third-order valence-corrected chi connectivity index (χ3v) is 3.70. The van der Waals surface area contributed by atoms with Crippen LogP contribution in [0.1, 0.15) is 65.7 Å². The second-order valence-electron chi connectivity index (χ2n) is 5.35. The normalized spacial score (nSPS) is 20.6. The summed E-state index contributed by atoms with van der Waals surface area (Å²) in [6.45, 7) is 5.29. The van der Waals surface area contributed by atoms with Crippen molar-refractivity contribution < 1.29 is 14.3 Å². The summed E-state index contributed by atoms with van der Waals surface area (Å²) in [5, 5.41) is 0. The van der Waals surface area contributed by atoms with Gasteiger partial charge in [0.2, 0.25) is 0 Å². The maximum Gasteiger partial charge on any atom is 0.306 e. The van der Waals surface area contributed by atoms with Gasteiger partial charge in [-0.15, -0.1) is 0 Å². The van der Waals surface area contributed by atoms with Crippen LogP contribution in [0.15, 0.2) is 0 Å². The Kier molecular flexibility index (Phi) is 5.16. The molecule has 0 spiro atoms. The zero-order valence-corrected chi connectivity index (χ0v) is 11.3. The van der Waals surface area contributed by atoms with Crippen LogP contribution in [0.3, 0.4) is 0 Å². The highest BCUT2D eigenvalue weighted by Crippen LogP contribution is 2.37. The zero-order chi connectivity index (χ0) is 12.9. The van der Waals surface area contributed by atoms with Crippen molar-refractivity contribution in [3.63, 3.8) is 0 Å². The number of ketones is 1. The predicted octanol–water partition coefficient (Wildman–Crippen LogP) is 3.26. The second-order valence-corrected chi connectivity index (χ2v) is 5.35. The van der Waals surface area contributed by atoms with Crippen molar-refractivity contribution in [3.8, 4) is 0 Å². The van der Waals surface area contributed by atoms with Crippen LogP contribution in [0.5, 0.6) is 0 Å². The number of rotatable bonds is 5. The van der Waals surface area contributed by atoms with E-state index in [1.165, 1.54) is 19.3 Å². The standard InChI is InChI=1S/C14H24O3/c1-4-13(16)17-14(3,10-11(2)15)12-8-6-5-7-9-12/h12H,4-10H2,1-3H3. The van der Waals surface area contributed by atoms with Crippen LogP contribution in [0.4, 0.5) is 0 Å². The first-order chi connectivity index (χ1) is 7.98. The van der Waals surface area contributed by atoms with Crippen LogP contribution in [-0.4, -0.2) is 17.4 Å². The van der Waals surface area contributed by atoms with Crippen LogP contribution in [-0.2, 0) is 14.3 Å². The van der Waals surface area contributed by atoms with Gasteiger partial charge in [0, 0.05) is 12.8 Å². The molecule has 98 valence electrons. The summed E-state index contributed by atoms with van der Waals surface area (Å²) in [7, 11) is 0. The van der Waals surface area contributed by atoms with E-state index in [1.807, 2.05) is 6.92 Å². The molecule has 0 amide bonds. The van der Waals surface area contributed by atoms with Gasteiger partial charge in [-0.1, -0.05) is 26.2 Å². The van der Waals surface area contributed by atoms with Gasteiger partial charge in [0.1, 0.15) is 11.4 Å². The van der Waals surface area contributed by atoms with Crippen molar-refractivity contribution in [3.05, 3.63) is 0 Å². The number of hydrogen-bond acceptors (Lipinski definition) is 3. The van der Waals surface area contributed by atoms with E-state index in [0.29, 0.717) is 18.8 Å². The molecule has 0 aromatic carbocycles. The summed E-state index contributed by atoms with van der Waals surface area (Å²) in [6.07, 6.45) is 6.49. The van der Waals surface area contributed by atoms with Crippen molar-refractivity contribution in [1.82, 2.24) is 0 Å². The first kappa shape index (κ1) is 14.2. The fraction of sp³-hybridized carbons (Fsp3) is 0.857. The molecule has 0 heterocycles. The van der Waals surface area contributed by atoms with Crippen LogP contribution in [0.25, 0.3) is 0 Å². The van der Waals surface area contributed by atoms with Crippen molar-refractivity contribution in [2.45, 2.75) is 71.3 Å². The quantitative estimate of drug-likeness (QED) is 0.693. The predicted molar refractivity (Wildman–Crippen MR) is 66.7 cm³/mol. The Morgan fingerprint density at radius 2 is 1.82 bits per heavy atom. The molecule has 1 saturated carbocycles. The molecule has 0 saturated heterocycles. The summed E-state index contributed by atoms with van der Waals surface area (Å²) < 4.78 is 5.58. The molecule has 1 unspecified atom stereocenters. The smallest absolute Gasteiger partial charge is 0.306 e. The van der Waals surface area contributed by atoms with Crippen molar-refractivity contribution in [2.24, 2.45) is 5.92 Å². The average Bonchev–Trinajstić information content (AvgIpc) is 2.29. The minimum Gasteiger partial charge on any atom is -0.459 e. The van der Waals surface area contributed by atoms with Crippen molar-refractivity contribution in [1.29, 1.82) is 0 Å². The molecule has 1 fully saturated rings. The van der Waals surface area contributed by atoms with E-state index in [-0.39, 0.29) is 11.8 Å². The summed E-state index contributed by atoms with van der Waals surface area (Å²) >= 11 is 0. The Morgan fingerprint density at radius 3 is 2.29 bits per heavy atom. The van der Waals surface area contributed by atoms with Gasteiger partial charge < -0.3 is 4.74 Å². The maximum atomic E-state index is 11.5. The topological polar surface area (TPSA) is 43.4 Å². The third kappa shape index (κ3) is 4.14. The maximum absolute atomic E-state index is 11.5. The van der Waals surface area contributed by atoms with Gasteiger partial charge in [0.15, 0.2) is 0 Å². The van der Waals surface area contributed by atoms with Gasteiger partial charge in [0.05, 0.1) is 0 Å². The molecular formula is C14H24O3. The molecule has 17 heavy (non-hydrogen) atoms. The number of ether oxygens (including phenoxy) is 1. The number of carbonyl (C=O) groups is 2. The van der Waals surface area contributed by atoms with E-state index in [2.05, 4.69) is 0 Å². The molecule has 1 aliphatic rings. The van der Waals surface area contributed by atoms with Crippen molar-refractivity contribution >= 4 is 11.8 Å². The summed E-state index contributed by atoms with van der Waals surface area (Å²) in [6, 6.07) is 0. The van der Waals surface area contributed by atoms with Gasteiger partial charge in [-0.3, -0.25) is 9.59 Å². The Labute approximate surface area is 104 Å². The lowest BCUT2D eigenvalue weighted by Gasteiger charge is -2.38. The Hall–Kier alpha value is -0.860. The lowest BCUT2D eigenvalue weighted by atomic mass is 9.75. The zero-order valence-electron chi connectivity index (χ0n) is 11.3. The van der Waals surface area contributed by atoms with E-state index < -0.39 is 5.60 Å². The number of hydrogen-bond donors (Lipinski definition) is 0. The monoisotopic (exact) mass is 240 g/mol. The number of Topliss-reactive ketones (excluding diaryl/α,β-unsaturated/α-hetero) is 1. The van der Waals surface area contributed by atoms with Crippen LogP contribution in [0, 0.1) is 5.92 Å².